The summed E-state index contributed by atoms with van der Waals surface area (Å²) in [6.45, 7) is 9.52. The molecule has 0 aliphatic carbocycles. The zero-order chi connectivity index (χ0) is 22.0. The smallest absolute Gasteiger partial charge is 0.262 e. The summed E-state index contributed by atoms with van der Waals surface area (Å²) in [4.78, 5) is 19.8. The van der Waals surface area contributed by atoms with E-state index < -0.39 is 0 Å². The standard InChI is InChI=1S/C25H32N4O2/c1-25(2,3)19-9-5-6-10-22(19)31-17-24(30)26-18-11-12-21-20(15-18)27-23(28(21)4)16-29-13-7-8-14-29/h5-6,9-12,15H,7-8,13-14,16-17H2,1-4H3,(H,26,30). The Hall–Kier alpha value is -2.86. The number of aryl methyl sites for hydroxylation is 1. The van der Waals surface area contributed by atoms with E-state index in [-0.39, 0.29) is 17.9 Å². The van der Waals surface area contributed by atoms with Gasteiger partial charge >= 0.3 is 0 Å². The van der Waals surface area contributed by atoms with Crippen LogP contribution < -0.4 is 10.1 Å². The third kappa shape index (κ3) is 4.90. The lowest BCUT2D eigenvalue weighted by Gasteiger charge is -2.22. The first-order chi connectivity index (χ1) is 14.8. The average Bonchev–Trinajstić information content (AvgIpc) is 3.34. The summed E-state index contributed by atoms with van der Waals surface area (Å²) in [5.74, 6) is 1.62. The lowest BCUT2D eigenvalue weighted by atomic mass is 9.86. The Morgan fingerprint density at radius 1 is 1.13 bits per heavy atom. The quantitative estimate of drug-likeness (QED) is 0.639. The molecule has 1 saturated heterocycles. The second-order valence-electron chi connectivity index (χ2n) is 9.36. The Balaban J connectivity index is 1.42. The molecule has 2 heterocycles. The van der Waals surface area contributed by atoms with Crippen molar-refractivity contribution in [3.05, 3.63) is 53.9 Å². The van der Waals surface area contributed by atoms with Crippen LogP contribution in [-0.4, -0.2) is 40.1 Å². The van der Waals surface area contributed by atoms with Crippen LogP contribution in [0.3, 0.4) is 0 Å². The zero-order valence-electron chi connectivity index (χ0n) is 18.9. The molecular formula is C25H32N4O2. The molecule has 0 bridgehead atoms. The number of ether oxygens (including phenoxy) is 1. The van der Waals surface area contributed by atoms with Crippen molar-refractivity contribution in [2.45, 2.75) is 45.6 Å². The predicted octanol–water partition coefficient (Wildman–Crippen LogP) is 4.48. The normalized spacial score (nSPS) is 14.8. The highest BCUT2D eigenvalue weighted by atomic mass is 16.5. The minimum atomic E-state index is -0.184. The number of benzene rings is 2. The van der Waals surface area contributed by atoms with Crippen LogP contribution in [0.15, 0.2) is 42.5 Å². The number of carbonyl (C=O) groups excluding carboxylic acids is 1. The molecule has 1 N–H and O–H groups in total. The molecule has 1 aliphatic rings. The van der Waals surface area contributed by atoms with Gasteiger partial charge in [-0.15, -0.1) is 0 Å². The van der Waals surface area contributed by atoms with Crippen molar-refractivity contribution < 1.29 is 9.53 Å². The molecule has 1 fully saturated rings. The minimum absolute atomic E-state index is 0.0342. The van der Waals surface area contributed by atoms with Gasteiger partial charge in [0.25, 0.3) is 5.91 Å². The number of aromatic nitrogens is 2. The highest BCUT2D eigenvalue weighted by Gasteiger charge is 2.19. The van der Waals surface area contributed by atoms with Gasteiger partial charge in [0.2, 0.25) is 0 Å². The second-order valence-corrected chi connectivity index (χ2v) is 9.36. The molecule has 1 aliphatic heterocycles. The van der Waals surface area contributed by atoms with Crippen molar-refractivity contribution >= 4 is 22.6 Å². The number of nitrogens with one attached hydrogen (secondary N) is 1. The third-order valence-electron chi connectivity index (χ3n) is 5.87. The number of hydrogen-bond acceptors (Lipinski definition) is 4. The van der Waals surface area contributed by atoms with Crippen molar-refractivity contribution in [2.24, 2.45) is 7.05 Å². The number of hydrogen-bond donors (Lipinski definition) is 1. The highest BCUT2D eigenvalue weighted by molar-refractivity contribution is 5.94. The first-order valence-corrected chi connectivity index (χ1v) is 11.0. The van der Waals surface area contributed by atoms with Gasteiger partial charge in [0.05, 0.1) is 17.6 Å². The van der Waals surface area contributed by atoms with Gasteiger partial charge in [0.1, 0.15) is 11.6 Å². The van der Waals surface area contributed by atoms with Gasteiger partial charge in [0.15, 0.2) is 6.61 Å². The fourth-order valence-electron chi connectivity index (χ4n) is 4.16. The SMILES string of the molecule is Cn1c(CN2CCCC2)nc2cc(NC(=O)COc3ccccc3C(C)(C)C)ccc21. The summed E-state index contributed by atoms with van der Waals surface area (Å²) in [6.07, 6.45) is 2.53. The van der Waals surface area contributed by atoms with Crippen LogP contribution in [0, 0.1) is 0 Å². The van der Waals surface area contributed by atoms with Gasteiger partial charge < -0.3 is 14.6 Å². The van der Waals surface area contributed by atoms with Crippen molar-refractivity contribution in [3.8, 4) is 5.75 Å². The van der Waals surface area contributed by atoms with Crippen molar-refractivity contribution in [1.82, 2.24) is 14.5 Å². The zero-order valence-corrected chi connectivity index (χ0v) is 18.9. The molecule has 2 aromatic carbocycles. The van der Waals surface area contributed by atoms with Gasteiger partial charge in [-0.25, -0.2) is 4.98 Å². The topological polar surface area (TPSA) is 59.4 Å². The van der Waals surface area contributed by atoms with Crippen LogP contribution in [0.25, 0.3) is 11.0 Å². The van der Waals surface area contributed by atoms with Gasteiger partial charge in [-0.3, -0.25) is 9.69 Å². The maximum absolute atomic E-state index is 12.5. The number of rotatable bonds is 6. The van der Waals surface area contributed by atoms with E-state index >= 15 is 0 Å². The Bertz CT molecular complexity index is 1070. The van der Waals surface area contributed by atoms with Crippen LogP contribution in [-0.2, 0) is 23.8 Å². The van der Waals surface area contributed by atoms with E-state index in [0.29, 0.717) is 0 Å². The number of fused-ring (bicyclic) bond motifs is 1. The van der Waals surface area contributed by atoms with Crippen molar-refractivity contribution in [2.75, 3.05) is 25.0 Å². The van der Waals surface area contributed by atoms with Gasteiger partial charge in [-0.1, -0.05) is 39.0 Å². The minimum Gasteiger partial charge on any atom is -0.483 e. The maximum atomic E-state index is 12.5. The van der Waals surface area contributed by atoms with Crippen molar-refractivity contribution in [3.63, 3.8) is 0 Å². The molecule has 4 rings (SSSR count). The number of anilines is 1. The molecule has 0 spiro atoms. The second kappa shape index (κ2) is 8.71. The van der Waals surface area contributed by atoms with E-state index in [0.717, 1.165) is 53.5 Å². The first kappa shape index (κ1) is 21.4. The molecule has 3 aromatic rings. The summed E-state index contributed by atoms with van der Waals surface area (Å²) < 4.78 is 7.99. The number of imidazole rings is 1. The highest BCUT2D eigenvalue weighted by Crippen LogP contribution is 2.31. The molecule has 164 valence electrons. The third-order valence-corrected chi connectivity index (χ3v) is 5.87. The summed E-state index contributed by atoms with van der Waals surface area (Å²) in [5.41, 5.74) is 3.74. The molecule has 6 heteroatoms. The lowest BCUT2D eigenvalue weighted by molar-refractivity contribution is -0.118. The largest absolute Gasteiger partial charge is 0.483 e. The lowest BCUT2D eigenvalue weighted by Crippen LogP contribution is -2.21. The van der Waals surface area contributed by atoms with Crippen LogP contribution in [0.4, 0.5) is 5.69 Å². The fraction of sp³-hybridized carbons (Fsp3) is 0.440. The van der Waals surface area contributed by atoms with Crippen LogP contribution in [0.1, 0.15) is 45.0 Å². The number of amides is 1. The summed E-state index contributed by atoms with van der Waals surface area (Å²) in [7, 11) is 2.06. The maximum Gasteiger partial charge on any atom is 0.262 e. The molecule has 31 heavy (non-hydrogen) atoms. The Kier molecular flexibility index (Phi) is 6.01. The molecule has 1 aromatic heterocycles. The summed E-state index contributed by atoms with van der Waals surface area (Å²) >= 11 is 0. The molecule has 6 nitrogen and oxygen atoms in total. The van der Waals surface area contributed by atoms with Crippen LogP contribution in [0.2, 0.25) is 0 Å². The molecule has 0 atom stereocenters. The Labute approximate surface area is 184 Å². The predicted molar refractivity (Wildman–Crippen MR) is 124 cm³/mol. The Morgan fingerprint density at radius 2 is 1.87 bits per heavy atom. The molecule has 1 amide bonds. The van der Waals surface area contributed by atoms with Crippen LogP contribution in [0.5, 0.6) is 5.75 Å². The van der Waals surface area contributed by atoms with E-state index in [2.05, 4.69) is 42.6 Å². The summed E-state index contributed by atoms with van der Waals surface area (Å²) in [5, 5.41) is 2.94. The van der Waals surface area contributed by atoms with E-state index in [4.69, 9.17) is 9.72 Å². The Morgan fingerprint density at radius 3 is 2.61 bits per heavy atom. The number of nitrogens with zero attached hydrogens (tertiary/aromatic N) is 3. The summed E-state index contributed by atoms with van der Waals surface area (Å²) in [6, 6.07) is 13.7. The number of likely N-dealkylation sites (tertiary alicyclic amines) is 1. The number of carbonyl (C=O) groups is 1. The van der Waals surface area contributed by atoms with Gasteiger partial charge in [0, 0.05) is 12.7 Å². The molecular weight excluding hydrogens is 388 g/mol. The van der Waals surface area contributed by atoms with E-state index in [1.807, 2.05) is 42.5 Å². The van der Waals surface area contributed by atoms with E-state index in [9.17, 15) is 4.79 Å². The van der Waals surface area contributed by atoms with E-state index in [1.165, 1.54) is 12.8 Å². The van der Waals surface area contributed by atoms with E-state index in [1.54, 1.807) is 0 Å². The monoisotopic (exact) mass is 420 g/mol. The van der Waals surface area contributed by atoms with Gasteiger partial charge in [-0.05, 0) is 61.2 Å². The van der Waals surface area contributed by atoms with Crippen LogP contribution >= 0.6 is 0 Å². The van der Waals surface area contributed by atoms with Crippen molar-refractivity contribution in [1.29, 1.82) is 0 Å². The molecule has 0 radical (unpaired) electrons. The number of para-hydroxylation sites is 1. The fourth-order valence-corrected chi connectivity index (χ4v) is 4.16. The molecule has 0 unspecified atom stereocenters. The van der Waals surface area contributed by atoms with Gasteiger partial charge in [-0.2, -0.15) is 0 Å². The first-order valence-electron chi connectivity index (χ1n) is 11.0. The average molecular weight is 421 g/mol. The molecule has 0 saturated carbocycles.